The molecule has 0 unspecified atom stereocenters. The van der Waals surface area contributed by atoms with Crippen molar-refractivity contribution in [1.82, 2.24) is 15.2 Å². The number of carbonyl (C=O) groups is 3. The van der Waals surface area contributed by atoms with Crippen LogP contribution in [0.3, 0.4) is 0 Å². The summed E-state index contributed by atoms with van der Waals surface area (Å²) in [6.45, 7) is 5.10. The van der Waals surface area contributed by atoms with Gasteiger partial charge in [-0.3, -0.25) is 9.59 Å². The number of hydrogen-bond donors (Lipinski definition) is 3. The molecular weight excluding hydrogens is 546 g/mol. The maximum atomic E-state index is 14.1. The number of amides is 2. The molecule has 9 heteroatoms. The Hall–Kier alpha value is -4.89. The lowest BCUT2D eigenvalue weighted by Crippen LogP contribution is -2.51. The van der Waals surface area contributed by atoms with E-state index in [0.29, 0.717) is 6.54 Å². The van der Waals surface area contributed by atoms with E-state index in [-0.39, 0.29) is 26.2 Å². The van der Waals surface area contributed by atoms with Crippen molar-refractivity contribution in [3.63, 3.8) is 0 Å². The fourth-order valence-corrected chi connectivity index (χ4v) is 5.14. The zero-order chi connectivity index (χ0) is 30.6. The van der Waals surface area contributed by atoms with Crippen molar-refractivity contribution in [1.29, 1.82) is 0 Å². The van der Waals surface area contributed by atoms with Gasteiger partial charge in [-0.15, -0.1) is 0 Å². The fourth-order valence-electron chi connectivity index (χ4n) is 5.14. The van der Waals surface area contributed by atoms with Crippen molar-refractivity contribution in [2.24, 2.45) is 0 Å². The molecule has 4 aromatic rings. The molecule has 43 heavy (non-hydrogen) atoms. The molecule has 0 aliphatic rings. The molecule has 0 aliphatic heterocycles. The van der Waals surface area contributed by atoms with Crippen LogP contribution in [0.2, 0.25) is 0 Å². The van der Waals surface area contributed by atoms with Crippen LogP contribution in [0.25, 0.3) is 10.9 Å². The van der Waals surface area contributed by atoms with Crippen molar-refractivity contribution in [3.05, 3.63) is 120 Å². The van der Waals surface area contributed by atoms with Crippen molar-refractivity contribution in [3.8, 4) is 0 Å². The van der Waals surface area contributed by atoms with E-state index in [9.17, 15) is 19.5 Å². The number of nitrogens with one attached hydrogen (secondary N) is 2. The van der Waals surface area contributed by atoms with Gasteiger partial charge in [-0.05, 0) is 29.2 Å². The highest BCUT2D eigenvalue weighted by molar-refractivity contribution is 5.90. The molecule has 1 heterocycles. The number of hydrogen-bond acceptors (Lipinski definition) is 6. The number of fused-ring (bicyclic) bond motifs is 1. The minimum Gasteiger partial charge on any atom is -0.463 e. The Morgan fingerprint density at radius 3 is 2.28 bits per heavy atom. The quantitative estimate of drug-likeness (QED) is 0.144. The molecule has 3 atom stereocenters. The molecule has 0 saturated heterocycles. The smallest absolute Gasteiger partial charge is 0.408 e. The summed E-state index contributed by atoms with van der Waals surface area (Å²) in [6.07, 6.45) is 2.79. The molecule has 224 valence electrons. The van der Waals surface area contributed by atoms with E-state index < -0.39 is 36.0 Å². The van der Waals surface area contributed by atoms with Crippen molar-refractivity contribution in [2.45, 2.75) is 37.9 Å². The highest BCUT2D eigenvalue weighted by Gasteiger charge is 2.35. The van der Waals surface area contributed by atoms with E-state index in [2.05, 4.69) is 21.8 Å². The first-order chi connectivity index (χ1) is 20.9. The van der Waals surface area contributed by atoms with Crippen LogP contribution in [0.5, 0.6) is 0 Å². The summed E-state index contributed by atoms with van der Waals surface area (Å²) < 4.78 is 12.6. The van der Waals surface area contributed by atoms with Gasteiger partial charge in [0.25, 0.3) is 0 Å². The number of benzene rings is 3. The molecule has 9 nitrogen and oxygen atoms in total. The summed E-state index contributed by atoms with van der Waals surface area (Å²) in [7, 11) is 0. The number of aliphatic hydroxyl groups excluding tert-OH is 1. The van der Waals surface area contributed by atoms with Crippen molar-refractivity contribution < 1.29 is 29.0 Å². The standard InChI is InChI=1S/C34H37N3O6/c1-3-20-42-34(41)36-32(33(40)35-30(23-43-24(2)39)26-14-8-5-9-15-26)28(18-19-38)29-22-37(21-25-12-6-4-7-13-25)31-17-11-10-16-27(29)31/h3-17,22,28,30,32,38H,1,18-21,23H2,2H3,(H,35,40)(H,36,41)/t28-,30-,32-/m0/s1. The molecule has 0 radical (unpaired) electrons. The summed E-state index contributed by atoms with van der Waals surface area (Å²) >= 11 is 0. The van der Waals surface area contributed by atoms with Crippen LogP contribution >= 0.6 is 0 Å². The van der Waals surface area contributed by atoms with Crippen LogP contribution in [0, 0.1) is 0 Å². The van der Waals surface area contributed by atoms with Gasteiger partial charge < -0.3 is 29.8 Å². The first kappa shape index (κ1) is 31.1. The third kappa shape index (κ3) is 8.33. The normalized spacial score (nSPS) is 13.0. The van der Waals surface area contributed by atoms with Crippen LogP contribution in [-0.4, -0.2) is 53.5 Å². The van der Waals surface area contributed by atoms with E-state index in [1.54, 1.807) is 0 Å². The van der Waals surface area contributed by atoms with Gasteiger partial charge in [-0.2, -0.15) is 0 Å². The molecule has 3 N–H and O–H groups in total. The average molecular weight is 584 g/mol. The number of ether oxygens (including phenoxy) is 2. The summed E-state index contributed by atoms with van der Waals surface area (Å²) in [4.78, 5) is 38.5. The lowest BCUT2D eigenvalue weighted by Gasteiger charge is -2.29. The Morgan fingerprint density at radius 2 is 1.60 bits per heavy atom. The van der Waals surface area contributed by atoms with Crippen LogP contribution in [0.4, 0.5) is 4.79 Å². The molecule has 1 aromatic heterocycles. The SMILES string of the molecule is C=CCOC(=O)N[C@H](C(=O)N[C@@H](COC(C)=O)c1ccccc1)[C@@H](CCO)c1cn(Cc2ccccc2)c2ccccc12. The van der Waals surface area contributed by atoms with Crippen LogP contribution in [0.1, 0.15) is 42.0 Å². The number of nitrogens with zero attached hydrogens (tertiary/aromatic N) is 1. The first-order valence-electron chi connectivity index (χ1n) is 14.2. The second-order valence-electron chi connectivity index (χ2n) is 10.1. The molecular formula is C34H37N3O6. The highest BCUT2D eigenvalue weighted by atomic mass is 16.5. The average Bonchev–Trinajstić information content (AvgIpc) is 3.38. The van der Waals surface area contributed by atoms with E-state index >= 15 is 0 Å². The number of para-hydroxylation sites is 1. The lowest BCUT2D eigenvalue weighted by atomic mass is 9.87. The second kappa shape index (κ2) is 15.4. The van der Waals surface area contributed by atoms with Gasteiger partial charge in [0, 0.05) is 43.1 Å². The summed E-state index contributed by atoms with van der Waals surface area (Å²) in [5, 5.41) is 16.8. The van der Waals surface area contributed by atoms with Crippen LogP contribution < -0.4 is 10.6 Å². The number of alkyl carbamates (subject to hydrolysis) is 1. The van der Waals surface area contributed by atoms with Crippen LogP contribution in [0.15, 0.2) is 104 Å². The molecule has 0 fully saturated rings. The number of rotatable bonds is 14. The minimum absolute atomic E-state index is 0.0414. The molecule has 0 saturated carbocycles. The third-order valence-electron chi connectivity index (χ3n) is 7.12. The number of carbonyl (C=O) groups excluding carboxylic acids is 3. The second-order valence-corrected chi connectivity index (χ2v) is 10.1. The Bertz CT molecular complexity index is 1520. The maximum absolute atomic E-state index is 14.1. The van der Waals surface area contributed by atoms with Gasteiger partial charge in [0.05, 0.1) is 6.04 Å². The van der Waals surface area contributed by atoms with Crippen molar-refractivity contribution in [2.75, 3.05) is 19.8 Å². The van der Waals surface area contributed by atoms with E-state index in [1.807, 2.05) is 91.1 Å². The summed E-state index contributed by atoms with van der Waals surface area (Å²) in [6, 6.07) is 25.1. The van der Waals surface area contributed by atoms with Gasteiger partial charge in [0.15, 0.2) is 0 Å². The predicted octanol–water partition coefficient (Wildman–Crippen LogP) is 4.86. The molecule has 4 rings (SSSR count). The monoisotopic (exact) mass is 583 g/mol. The van der Waals surface area contributed by atoms with Gasteiger partial charge >= 0.3 is 12.1 Å². The molecule has 0 bridgehead atoms. The van der Waals surface area contributed by atoms with Crippen LogP contribution in [-0.2, 0) is 25.6 Å². The third-order valence-corrected chi connectivity index (χ3v) is 7.12. The number of aromatic nitrogens is 1. The zero-order valence-corrected chi connectivity index (χ0v) is 24.1. The van der Waals surface area contributed by atoms with E-state index in [1.165, 1.54) is 13.0 Å². The first-order valence-corrected chi connectivity index (χ1v) is 14.2. The molecule has 2 amide bonds. The maximum Gasteiger partial charge on any atom is 0.408 e. The Labute approximate surface area is 251 Å². The summed E-state index contributed by atoms with van der Waals surface area (Å²) in [5.41, 5.74) is 3.57. The molecule has 3 aromatic carbocycles. The zero-order valence-electron chi connectivity index (χ0n) is 24.1. The largest absolute Gasteiger partial charge is 0.463 e. The topological polar surface area (TPSA) is 119 Å². The van der Waals surface area contributed by atoms with E-state index in [4.69, 9.17) is 9.47 Å². The summed E-state index contributed by atoms with van der Waals surface area (Å²) in [5.74, 6) is -1.63. The fraction of sp³-hybridized carbons (Fsp3) is 0.265. The van der Waals surface area contributed by atoms with Gasteiger partial charge in [0.1, 0.15) is 19.3 Å². The Morgan fingerprint density at radius 1 is 0.930 bits per heavy atom. The Kier molecular flexibility index (Phi) is 11.1. The lowest BCUT2D eigenvalue weighted by molar-refractivity contribution is -0.142. The number of aliphatic hydroxyl groups is 1. The molecule has 0 aliphatic carbocycles. The van der Waals surface area contributed by atoms with Gasteiger partial charge in [-0.1, -0.05) is 91.5 Å². The predicted molar refractivity (Wildman–Crippen MR) is 164 cm³/mol. The molecule has 0 spiro atoms. The Balaban J connectivity index is 1.74. The van der Waals surface area contributed by atoms with Gasteiger partial charge in [0.2, 0.25) is 5.91 Å². The van der Waals surface area contributed by atoms with Gasteiger partial charge in [-0.25, -0.2) is 4.79 Å². The number of esters is 1. The highest BCUT2D eigenvalue weighted by Crippen LogP contribution is 2.33. The van der Waals surface area contributed by atoms with E-state index in [0.717, 1.165) is 27.6 Å². The van der Waals surface area contributed by atoms with Crippen molar-refractivity contribution >= 4 is 28.9 Å². The minimum atomic E-state index is -1.14.